The van der Waals surface area contributed by atoms with Gasteiger partial charge in [0.15, 0.2) is 0 Å². The number of hydrogen-bond acceptors (Lipinski definition) is 7. The maximum atomic E-state index is 11.5. The molecular weight excluding hydrogens is 713 g/mol. The van der Waals surface area contributed by atoms with E-state index in [-0.39, 0.29) is 23.9 Å². The number of halogens is 2. The summed E-state index contributed by atoms with van der Waals surface area (Å²) < 4.78 is 13.5. The van der Waals surface area contributed by atoms with E-state index >= 15 is 0 Å². The minimum Gasteiger partial charge on any atom is -0.496 e. The Morgan fingerprint density at radius 3 is 2.45 bits per heavy atom. The van der Waals surface area contributed by atoms with Crippen LogP contribution in [0, 0.1) is 5.92 Å². The summed E-state index contributed by atoms with van der Waals surface area (Å²) >= 11 is 14.1. The Balaban J connectivity index is 1.10. The van der Waals surface area contributed by atoms with Crippen molar-refractivity contribution in [3.05, 3.63) is 99.7 Å². The average molecular weight is 757 g/mol. The first kappa shape index (κ1) is 36.7. The van der Waals surface area contributed by atoms with Crippen molar-refractivity contribution in [2.24, 2.45) is 5.92 Å². The highest BCUT2D eigenvalue weighted by atomic mass is 35.5. The van der Waals surface area contributed by atoms with Gasteiger partial charge in [0.1, 0.15) is 11.5 Å². The van der Waals surface area contributed by atoms with Crippen molar-refractivity contribution >= 4 is 46.0 Å². The van der Waals surface area contributed by atoms with E-state index in [1.54, 1.807) is 14.2 Å². The molecule has 0 spiro atoms. The Bertz CT molecular complexity index is 2160. The average Bonchev–Trinajstić information content (AvgIpc) is 3.74. The monoisotopic (exact) mass is 755 g/mol. The van der Waals surface area contributed by atoms with Crippen LogP contribution in [0.3, 0.4) is 0 Å². The molecule has 1 saturated heterocycles. The molecule has 0 radical (unpaired) electrons. The number of rotatable bonds is 14. The molecule has 10 nitrogen and oxygen atoms in total. The largest absolute Gasteiger partial charge is 0.496 e. The molecule has 1 amide bonds. The molecule has 2 heterocycles. The highest BCUT2D eigenvalue weighted by Gasteiger charge is 2.37. The quantitative estimate of drug-likeness (QED) is 0.107. The van der Waals surface area contributed by atoms with Crippen LogP contribution in [0.1, 0.15) is 42.4 Å². The zero-order valence-electron chi connectivity index (χ0n) is 30.0. The molecule has 53 heavy (non-hydrogen) atoms. The molecule has 0 bridgehead atoms. The molecule has 5 aromatic rings. The Hall–Kier alpha value is -4.61. The van der Waals surface area contributed by atoms with E-state index in [9.17, 15) is 14.7 Å². The van der Waals surface area contributed by atoms with Gasteiger partial charge in [-0.15, -0.1) is 0 Å². The molecule has 3 N–H and O–H groups in total. The second-order valence-corrected chi connectivity index (χ2v) is 14.8. The molecule has 1 unspecified atom stereocenters. The van der Waals surface area contributed by atoms with Crippen LogP contribution in [0.4, 0.5) is 0 Å². The van der Waals surface area contributed by atoms with E-state index in [0.29, 0.717) is 55.5 Å². The third kappa shape index (κ3) is 7.73. The van der Waals surface area contributed by atoms with Crippen LogP contribution in [0.2, 0.25) is 10.0 Å². The van der Waals surface area contributed by atoms with Crippen LogP contribution in [0.25, 0.3) is 33.2 Å². The summed E-state index contributed by atoms with van der Waals surface area (Å²) in [5, 5.41) is 22.7. The zero-order chi connectivity index (χ0) is 37.2. The molecule has 2 fully saturated rings. The maximum Gasteiger partial charge on any atom is 0.306 e. The smallest absolute Gasteiger partial charge is 0.306 e. The highest BCUT2D eigenvalue weighted by Crippen LogP contribution is 2.41. The van der Waals surface area contributed by atoms with Crippen molar-refractivity contribution in [3.63, 3.8) is 0 Å². The van der Waals surface area contributed by atoms with Gasteiger partial charge in [0.2, 0.25) is 5.91 Å². The second kappa shape index (κ2) is 15.8. The fraction of sp³-hybridized carbons (Fsp3) is 0.341. The van der Waals surface area contributed by atoms with Gasteiger partial charge in [-0.2, -0.15) is 5.10 Å². The number of nitrogens with one attached hydrogen (secondary N) is 2. The lowest BCUT2D eigenvalue weighted by Gasteiger charge is -2.39. The van der Waals surface area contributed by atoms with E-state index in [2.05, 4.69) is 33.7 Å². The first-order valence-electron chi connectivity index (χ1n) is 17.8. The van der Waals surface area contributed by atoms with Crippen LogP contribution in [-0.2, 0) is 29.2 Å². The number of fused-ring (bicyclic) bond motifs is 1. The third-order valence-corrected chi connectivity index (χ3v) is 11.4. The summed E-state index contributed by atoms with van der Waals surface area (Å²) in [6, 6.07) is 22.6. The number of ether oxygens (including phenoxy) is 2. The number of amides is 1. The molecule has 12 heteroatoms. The van der Waals surface area contributed by atoms with Gasteiger partial charge in [-0.25, -0.2) is 0 Å². The zero-order valence-corrected chi connectivity index (χ0v) is 31.5. The van der Waals surface area contributed by atoms with E-state index in [1.165, 1.54) is 0 Å². The van der Waals surface area contributed by atoms with Crippen LogP contribution in [0.5, 0.6) is 11.5 Å². The van der Waals surface area contributed by atoms with Gasteiger partial charge in [-0.3, -0.25) is 19.2 Å². The predicted octanol–water partition coefficient (Wildman–Crippen LogP) is 7.41. The number of aromatic nitrogens is 2. The minimum atomic E-state index is -0.726. The van der Waals surface area contributed by atoms with Crippen LogP contribution < -0.4 is 20.1 Å². The number of carbonyl (C=O) groups is 2. The predicted molar refractivity (Wildman–Crippen MR) is 208 cm³/mol. The number of methoxy groups -OCH3 is 2. The van der Waals surface area contributed by atoms with Crippen molar-refractivity contribution in [2.45, 2.75) is 57.4 Å². The van der Waals surface area contributed by atoms with Gasteiger partial charge in [-0.1, -0.05) is 65.7 Å². The fourth-order valence-corrected chi connectivity index (χ4v) is 8.06. The summed E-state index contributed by atoms with van der Waals surface area (Å²) in [4.78, 5) is 25.0. The maximum absolute atomic E-state index is 11.5. The number of carboxylic acid groups (broad SMARTS) is 1. The summed E-state index contributed by atoms with van der Waals surface area (Å²) in [6.07, 6.45) is 4.60. The Labute approximate surface area is 319 Å². The van der Waals surface area contributed by atoms with E-state index in [0.717, 1.165) is 67.8 Å². The normalized spacial score (nSPS) is 18.3. The fourth-order valence-electron chi connectivity index (χ4n) is 7.48. The Morgan fingerprint density at radius 2 is 1.72 bits per heavy atom. The lowest BCUT2D eigenvalue weighted by molar-refractivity contribution is -0.146. The molecule has 1 atom stereocenters. The van der Waals surface area contributed by atoms with Gasteiger partial charge in [-0.05, 0) is 67.3 Å². The lowest BCUT2D eigenvalue weighted by Crippen LogP contribution is -2.44. The molecule has 2 aliphatic rings. The summed E-state index contributed by atoms with van der Waals surface area (Å²) in [5.74, 6) is 0.606. The standard InChI is InChI=1S/C41H43Cl2N5O5/c1-47(30-14-26(15-30)41(50)51)22-28-16-35(42)27(18-38(28)53-3)23-48-36-9-5-7-32(34(36)21-45-48)33-8-4-6-31(40(33)43)24-10-11-25(37(17-24)52-2)19-44-20-29-12-13-39(49)46-29/h4-11,16-18,21,26,29-30,44H,12-15,19-20,22-23H2,1-3H3,(H,46,49)(H,50,51). The van der Waals surface area contributed by atoms with Crippen LogP contribution in [-0.4, -0.2) is 71.6 Å². The van der Waals surface area contributed by atoms with Gasteiger partial charge in [0, 0.05) is 70.8 Å². The molecular formula is C41H43Cl2N5O5. The van der Waals surface area contributed by atoms with E-state index in [4.69, 9.17) is 37.8 Å². The Morgan fingerprint density at radius 1 is 0.981 bits per heavy atom. The van der Waals surface area contributed by atoms with Gasteiger partial charge in [0.05, 0.1) is 43.4 Å². The summed E-state index contributed by atoms with van der Waals surface area (Å²) in [6.45, 7) is 2.36. The highest BCUT2D eigenvalue weighted by molar-refractivity contribution is 6.36. The molecule has 7 rings (SSSR count). The topological polar surface area (TPSA) is 118 Å². The summed E-state index contributed by atoms with van der Waals surface area (Å²) in [5.41, 5.74) is 7.48. The van der Waals surface area contributed by atoms with E-state index < -0.39 is 5.97 Å². The van der Waals surface area contributed by atoms with Crippen LogP contribution in [0.15, 0.2) is 72.9 Å². The number of nitrogens with zero attached hydrogens (tertiary/aromatic N) is 3. The number of carbonyl (C=O) groups excluding carboxylic acids is 1. The van der Waals surface area contributed by atoms with Crippen molar-refractivity contribution in [2.75, 3.05) is 27.8 Å². The molecule has 276 valence electrons. The van der Waals surface area contributed by atoms with E-state index in [1.807, 2.05) is 66.5 Å². The van der Waals surface area contributed by atoms with Crippen molar-refractivity contribution in [1.29, 1.82) is 0 Å². The van der Waals surface area contributed by atoms with Crippen molar-refractivity contribution in [3.8, 4) is 33.8 Å². The lowest BCUT2D eigenvalue weighted by atomic mass is 9.79. The first-order chi connectivity index (χ1) is 25.6. The molecule has 1 aromatic heterocycles. The molecule has 1 saturated carbocycles. The van der Waals surface area contributed by atoms with Gasteiger partial charge >= 0.3 is 5.97 Å². The van der Waals surface area contributed by atoms with Crippen molar-refractivity contribution < 1.29 is 24.2 Å². The van der Waals surface area contributed by atoms with Gasteiger partial charge in [0.25, 0.3) is 0 Å². The minimum absolute atomic E-state index is 0.111. The SMILES string of the molecule is COc1cc(-c2cccc(-c3cccc4c3cnn4Cc3cc(OC)c(CN(C)C4CC(C(=O)O)C4)cc3Cl)c2Cl)ccc1CNCC1CCC(=O)N1. The molecule has 1 aliphatic carbocycles. The molecule has 4 aromatic carbocycles. The Kier molecular flexibility index (Phi) is 10.9. The van der Waals surface area contributed by atoms with Crippen molar-refractivity contribution in [1.82, 2.24) is 25.3 Å². The summed E-state index contributed by atoms with van der Waals surface area (Å²) in [7, 11) is 5.32. The number of hydrogen-bond donors (Lipinski definition) is 3. The second-order valence-electron chi connectivity index (χ2n) is 14.0. The number of aliphatic carboxylic acids is 1. The van der Waals surface area contributed by atoms with Crippen LogP contribution >= 0.6 is 23.2 Å². The van der Waals surface area contributed by atoms with Gasteiger partial charge < -0.3 is 25.2 Å². The third-order valence-electron chi connectivity index (χ3n) is 10.6. The number of carboxylic acids is 1. The molecule has 1 aliphatic heterocycles. The number of benzene rings is 4. The first-order valence-corrected chi connectivity index (χ1v) is 18.6.